The van der Waals surface area contributed by atoms with Gasteiger partial charge >= 0.3 is 0 Å². The predicted molar refractivity (Wildman–Crippen MR) is 71.8 cm³/mol. The monoisotopic (exact) mass is 233 g/mol. The highest BCUT2D eigenvalue weighted by Crippen LogP contribution is 2.18. The Kier molecular flexibility index (Phi) is 4.33. The molecule has 0 heterocycles. The molecule has 17 heavy (non-hydrogen) atoms. The van der Waals surface area contributed by atoms with Crippen LogP contribution in [0.5, 0.6) is 0 Å². The summed E-state index contributed by atoms with van der Waals surface area (Å²) in [6, 6.07) is 6.31. The second-order valence-electron chi connectivity index (χ2n) is 5.94. The van der Waals surface area contributed by atoms with Gasteiger partial charge in [-0.1, -0.05) is 44.5 Å². The van der Waals surface area contributed by atoms with Crippen LogP contribution in [0.25, 0.3) is 0 Å². The molecule has 0 aliphatic rings. The highest BCUT2D eigenvalue weighted by molar-refractivity contribution is 5.76. The molecule has 0 saturated carbocycles. The van der Waals surface area contributed by atoms with E-state index in [4.69, 9.17) is 0 Å². The normalized spacial score (nSPS) is 11.4. The molecule has 94 valence electrons. The van der Waals surface area contributed by atoms with Crippen molar-refractivity contribution in [1.82, 2.24) is 5.32 Å². The standard InChI is InChI=1S/C15H23NO/c1-11-6-7-13(12(2)8-11)10-16-14(17)9-15(3,4)5/h6-8H,9-10H2,1-5H3,(H,16,17). The van der Waals surface area contributed by atoms with Crippen molar-refractivity contribution < 1.29 is 4.79 Å². The zero-order valence-corrected chi connectivity index (χ0v) is 11.6. The van der Waals surface area contributed by atoms with Gasteiger partial charge in [0.15, 0.2) is 0 Å². The lowest BCUT2D eigenvalue weighted by Gasteiger charge is -2.17. The van der Waals surface area contributed by atoms with Crippen molar-refractivity contribution in [1.29, 1.82) is 0 Å². The first-order chi connectivity index (χ1) is 7.78. The molecule has 0 aliphatic carbocycles. The van der Waals surface area contributed by atoms with Crippen molar-refractivity contribution in [2.45, 2.75) is 47.6 Å². The molecule has 0 aromatic heterocycles. The number of aryl methyl sites for hydroxylation is 2. The van der Waals surface area contributed by atoms with E-state index in [2.05, 4.69) is 58.1 Å². The summed E-state index contributed by atoms with van der Waals surface area (Å²) in [4.78, 5) is 11.7. The minimum Gasteiger partial charge on any atom is -0.352 e. The Labute approximate surface area is 104 Å². The molecule has 1 N–H and O–H groups in total. The van der Waals surface area contributed by atoms with Crippen LogP contribution < -0.4 is 5.32 Å². The van der Waals surface area contributed by atoms with E-state index in [-0.39, 0.29) is 11.3 Å². The average Bonchev–Trinajstić information content (AvgIpc) is 2.13. The largest absolute Gasteiger partial charge is 0.352 e. The molecule has 0 aliphatic heterocycles. The maximum atomic E-state index is 11.7. The minimum absolute atomic E-state index is 0.0480. The number of hydrogen-bond acceptors (Lipinski definition) is 1. The van der Waals surface area contributed by atoms with Crippen molar-refractivity contribution in [3.63, 3.8) is 0 Å². The molecule has 0 unspecified atom stereocenters. The van der Waals surface area contributed by atoms with Gasteiger partial charge in [0.2, 0.25) is 5.91 Å². The highest BCUT2D eigenvalue weighted by atomic mass is 16.1. The second-order valence-corrected chi connectivity index (χ2v) is 5.94. The molecule has 0 saturated heterocycles. The third kappa shape index (κ3) is 5.03. The first-order valence-corrected chi connectivity index (χ1v) is 6.11. The first-order valence-electron chi connectivity index (χ1n) is 6.11. The number of carbonyl (C=O) groups excluding carboxylic acids is 1. The van der Waals surface area contributed by atoms with Crippen LogP contribution in [0.4, 0.5) is 0 Å². The van der Waals surface area contributed by atoms with E-state index < -0.39 is 0 Å². The van der Waals surface area contributed by atoms with Gasteiger partial charge in [-0.15, -0.1) is 0 Å². The van der Waals surface area contributed by atoms with E-state index in [1.54, 1.807) is 0 Å². The van der Waals surface area contributed by atoms with Gasteiger partial charge in [0, 0.05) is 13.0 Å². The Balaban J connectivity index is 2.53. The van der Waals surface area contributed by atoms with Gasteiger partial charge in [0.25, 0.3) is 0 Å². The van der Waals surface area contributed by atoms with Crippen LogP contribution in [0.3, 0.4) is 0 Å². The van der Waals surface area contributed by atoms with Crippen molar-refractivity contribution in [2.75, 3.05) is 0 Å². The van der Waals surface area contributed by atoms with Gasteiger partial charge < -0.3 is 5.32 Å². The summed E-state index contributed by atoms with van der Waals surface area (Å²) in [5, 5.41) is 2.98. The van der Waals surface area contributed by atoms with Gasteiger partial charge in [-0.25, -0.2) is 0 Å². The van der Waals surface area contributed by atoms with Gasteiger partial charge in [-0.3, -0.25) is 4.79 Å². The topological polar surface area (TPSA) is 29.1 Å². The smallest absolute Gasteiger partial charge is 0.220 e. The predicted octanol–water partition coefficient (Wildman–Crippen LogP) is 3.36. The molecule has 1 aromatic carbocycles. The summed E-state index contributed by atoms with van der Waals surface area (Å²) in [6.45, 7) is 11.0. The lowest BCUT2D eigenvalue weighted by molar-refractivity contribution is -0.122. The van der Waals surface area contributed by atoms with Crippen molar-refractivity contribution in [3.8, 4) is 0 Å². The molecule has 0 fully saturated rings. The molecule has 0 bridgehead atoms. The van der Waals surface area contributed by atoms with Crippen LogP contribution in [0.15, 0.2) is 18.2 Å². The summed E-state index contributed by atoms with van der Waals surface area (Å²) in [5.74, 6) is 0.123. The number of rotatable bonds is 3. The van der Waals surface area contributed by atoms with E-state index in [1.165, 1.54) is 16.7 Å². The Morgan fingerprint density at radius 2 is 1.88 bits per heavy atom. The molecule has 2 heteroatoms. The number of hydrogen-bond donors (Lipinski definition) is 1. The molecular formula is C15H23NO. The molecule has 2 nitrogen and oxygen atoms in total. The fourth-order valence-corrected chi connectivity index (χ4v) is 1.78. The molecule has 0 spiro atoms. The summed E-state index contributed by atoms with van der Waals surface area (Å²) < 4.78 is 0. The van der Waals surface area contributed by atoms with E-state index in [9.17, 15) is 4.79 Å². The van der Waals surface area contributed by atoms with E-state index in [0.29, 0.717) is 13.0 Å². The minimum atomic E-state index is 0.0480. The van der Waals surface area contributed by atoms with E-state index >= 15 is 0 Å². The maximum absolute atomic E-state index is 11.7. The fourth-order valence-electron chi connectivity index (χ4n) is 1.78. The van der Waals surface area contributed by atoms with Gasteiger partial charge in [0.1, 0.15) is 0 Å². The Morgan fingerprint density at radius 1 is 1.24 bits per heavy atom. The fraction of sp³-hybridized carbons (Fsp3) is 0.533. The number of carbonyl (C=O) groups is 1. The number of nitrogens with one attached hydrogen (secondary N) is 1. The average molecular weight is 233 g/mol. The Bertz CT molecular complexity index is 402. The quantitative estimate of drug-likeness (QED) is 0.852. The van der Waals surface area contributed by atoms with Crippen molar-refractivity contribution in [3.05, 3.63) is 34.9 Å². The molecular weight excluding hydrogens is 210 g/mol. The van der Waals surface area contributed by atoms with Crippen molar-refractivity contribution >= 4 is 5.91 Å². The SMILES string of the molecule is Cc1ccc(CNC(=O)CC(C)(C)C)c(C)c1. The van der Waals surface area contributed by atoms with E-state index in [1.807, 2.05) is 0 Å². The number of amides is 1. The Hall–Kier alpha value is -1.31. The van der Waals surface area contributed by atoms with Crippen LogP contribution in [0.1, 0.15) is 43.9 Å². The van der Waals surface area contributed by atoms with Crippen LogP contribution in [0, 0.1) is 19.3 Å². The molecule has 1 amide bonds. The molecule has 1 rings (SSSR count). The lowest BCUT2D eigenvalue weighted by Crippen LogP contribution is -2.27. The molecule has 0 radical (unpaired) electrons. The second kappa shape index (κ2) is 5.35. The first kappa shape index (κ1) is 13.8. The lowest BCUT2D eigenvalue weighted by atomic mass is 9.92. The number of benzene rings is 1. The van der Waals surface area contributed by atoms with Crippen LogP contribution in [0.2, 0.25) is 0 Å². The van der Waals surface area contributed by atoms with Gasteiger partial charge in [-0.05, 0) is 30.4 Å². The van der Waals surface area contributed by atoms with Crippen LogP contribution >= 0.6 is 0 Å². The zero-order valence-electron chi connectivity index (χ0n) is 11.6. The third-order valence-electron chi connectivity index (χ3n) is 2.66. The molecule has 1 aromatic rings. The van der Waals surface area contributed by atoms with Gasteiger partial charge in [0.05, 0.1) is 0 Å². The molecule has 0 atom stereocenters. The summed E-state index contributed by atoms with van der Waals surface area (Å²) in [5.41, 5.74) is 3.73. The van der Waals surface area contributed by atoms with Crippen LogP contribution in [-0.2, 0) is 11.3 Å². The summed E-state index contributed by atoms with van der Waals surface area (Å²) in [7, 11) is 0. The highest BCUT2D eigenvalue weighted by Gasteiger charge is 2.15. The summed E-state index contributed by atoms with van der Waals surface area (Å²) in [6.07, 6.45) is 0.567. The Morgan fingerprint density at radius 3 is 2.41 bits per heavy atom. The zero-order chi connectivity index (χ0) is 13.1. The van der Waals surface area contributed by atoms with Crippen LogP contribution in [-0.4, -0.2) is 5.91 Å². The third-order valence-corrected chi connectivity index (χ3v) is 2.66. The van der Waals surface area contributed by atoms with E-state index in [0.717, 1.165) is 0 Å². The maximum Gasteiger partial charge on any atom is 0.220 e. The summed E-state index contributed by atoms with van der Waals surface area (Å²) >= 11 is 0. The van der Waals surface area contributed by atoms with Crippen molar-refractivity contribution in [2.24, 2.45) is 5.41 Å². The van der Waals surface area contributed by atoms with Gasteiger partial charge in [-0.2, -0.15) is 0 Å².